The lowest BCUT2D eigenvalue weighted by atomic mass is 9.98. The number of fused-ring (bicyclic) bond motifs is 1. The average Bonchev–Trinajstić information content (AvgIpc) is 2.63. The summed E-state index contributed by atoms with van der Waals surface area (Å²) in [5.41, 5.74) is 1.30. The Labute approximate surface area is 104 Å². The van der Waals surface area contributed by atoms with Crippen molar-refractivity contribution in [2.24, 2.45) is 0 Å². The van der Waals surface area contributed by atoms with E-state index in [9.17, 15) is 4.79 Å². The molecule has 1 saturated heterocycles. The zero-order valence-electron chi connectivity index (χ0n) is 9.77. The quantitative estimate of drug-likeness (QED) is 0.578. The lowest BCUT2D eigenvalue weighted by Gasteiger charge is -2.45. The molecule has 6 heteroatoms. The molecule has 0 bridgehead atoms. The molecule has 0 spiro atoms. The second kappa shape index (κ2) is 3.68. The molecule has 17 heavy (non-hydrogen) atoms. The van der Waals surface area contributed by atoms with Crippen molar-refractivity contribution in [3.8, 4) is 0 Å². The van der Waals surface area contributed by atoms with Crippen LogP contribution in [0.4, 0.5) is 0 Å². The number of carbonyl (C=O) groups is 1. The number of carbonyl (C=O) groups excluding carboxylic acids is 1. The van der Waals surface area contributed by atoms with Crippen molar-refractivity contribution in [3.63, 3.8) is 0 Å². The van der Waals surface area contributed by atoms with Crippen molar-refractivity contribution in [1.29, 1.82) is 0 Å². The molecular weight excluding hydrogens is 238 g/mol. The lowest BCUT2D eigenvalue weighted by Crippen LogP contribution is -2.60. The van der Waals surface area contributed by atoms with E-state index in [1.54, 1.807) is 6.20 Å². The molecule has 0 radical (unpaired) electrons. The van der Waals surface area contributed by atoms with Gasteiger partial charge in [-0.05, 0) is 13.2 Å². The van der Waals surface area contributed by atoms with Crippen LogP contribution in [-0.2, 0) is 11.3 Å². The van der Waals surface area contributed by atoms with E-state index in [4.69, 9.17) is 4.74 Å². The Balaban J connectivity index is 1.94. The number of nitrogens with zero attached hydrogens (tertiary/aromatic N) is 3. The van der Waals surface area contributed by atoms with Gasteiger partial charge >= 0.3 is 0 Å². The number of hydrogen-bond acceptors (Lipinski definition) is 5. The minimum absolute atomic E-state index is 0.0263. The number of aromatic nitrogens is 2. The largest absolute Gasteiger partial charge is 0.376 e. The van der Waals surface area contributed by atoms with Crippen molar-refractivity contribution in [3.05, 3.63) is 17.5 Å². The molecule has 1 aromatic rings. The van der Waals surface area contributed by atoms with Crippen LogP contribution in [0.25, 0.3) is 0 Å². The van der Waals surface area contributed by atoms with Gasteiger partial charge in [-0.15, -0.1) is 0 Å². The van der Waals surface area contributed by atoms with E-state index >= 15 is 0 Å². The zero-order valence-corrected chi connectivity index (χ0v) is 10.6. The summed E-state index contributed by atoms with van der Waals surface area (Å²) in [7, 11) is 0. The van der Waals surface area contributed by atoms with Crippen LogP contribution in [0.15, 0.2) is 11.4 Å². The molecule has 5 nitrogen and oxygen atoms in total. The fourth-order valence-corrected chi connectivity index (χ4v) is 2.51. The van der Waals surface area contributed by atoms with Gasteiger partial charge in [0.15, 0.2) is 5.16 Å². The Morgan fingerprint density at radius 2 is 2.29 bits per heavy atom. The van der Waals surface area contributed by atoms with Crippen LogP contribution in [0.2, 0.25) is 0 Å². The highest BCUT2D eigenvalue weighted by atomic mass is 32.2. The topological polar surface area (TPSA) is 55.3 Å². The van der Waals surface area contributed by atoms with E-state index in [2.05, 4.69) is 9.97 Å². The van der Waals surface area contributed by atoms with Gasteiger partial charge in [-0.3, -0.25) is 4.79 Å². The van der Waals surface area contributed by atoms with Crippen LogP contribution in [0, 0.1) is 0 Å². The maximum atomic E-state index is 12.2. The third kappa shape index (κ3) is 1.55. The summed E-state index contributed by atoms with van der Waals surface area (Å²) in [4.78, 5) is 22.6. The standard InChI is InChI=1S/C11H13N3O2S/c1-11(5-16-6-11)14-4-8-7(9(14)15)3-12-10(13-8)17-2/h3H,4-6H2,1-2H3. The average molecular weight is 251 g/mol. The second-order valence-electron chi connectivity index (χ2n) is 4.60. The highest BCUT2D eigenvalue weighted by molar-refractivity contribution is 7.98. The van der Waals surface area contributed by atoms with Crippen molar-refractivity contribution < 1.29 is 9.53 Å². The van der Waals surface area contributed by atoms with Gasteiger partial charge in [-0.25, -0.2) is 9.97 Å². The minimum Gasteiger partial charge on any atom is -0.376 e. The van der Waals surface area contributed by atoms with Crippen molar-refractivity contribution in [2.75, 3.05) is 19.5 Å². The van der Waals surface area contributed by atoms with Crippen LogP contribution in [0.3, 0.4) is 0 Å². The summed E-state index contributed by atoms with van der Waals surface area (Å²) in [5, 5.41) is 0.716. The number of thioether (sulfide) groups is 1. The Hall–Kier alpha value is -1.14. The summed E-state index contributed by atoms with van der Waals surface area (Å²) >= 11 is 1.49. The molecule has 1 amide bonds. The van der Waals surface area contributed by atoms with E-state index in [1.807, 2.05) is 18.1 Å². The maximum Gasteiger partial charge on any atom is 0.258 e. The minimum atomic E-state index is -0.169. The molecule has 90 valence electrons. The zero-order chi connectivity index (χ0) is 12.0. The number of rotatable bonds is 2. The van der Waals surface area contributed by atoms with Crippen LogP contribution >= 0.6 is 11.8 Å². The van der Waals surface area contributed by atoms with Gasteiger partial charge in [-0.2, -0.15) is 0 Å². The Morgan fingerprint density at radius 1 is 1.53 bits per heavy atom. The maximum absolute atomic E-state index is 12.2. The van der Waals surface area contributed by atoms with Gasteiger partial charge in [0.1, 0.15) is 0 Å². The summed E-state index contributed by atoms with van der Waals surface area (Å²) in [6.07, 6.45) is 3.57. The predicted molar refractivity (Wildman–Crippen MR) is 62.9 cm³/mol. The molecular formula is C11H13N3O2S. The molecule has 3 heterocycles. The Morgan fingerprint density at radius 3 is 2.88 bits per heavy atom. The van der Waals surface area contributed by atoms with Crippen molar-refractivity contribution in [2.45, 2.75) is 24.2 Å². The second-order valence-corrected chi connectivity index (χ2v) is 5.37. The molecule has 0 aromatic carbocycles. The fourth-order valence-electron chi connectivity index (χ4n) is 2.15. The molecule has 0 unspecified atom stereocenters. The van der Waals surface area contributed by atoms with Gasteiger partial charge in [0, 0.05) is 6.20 Å². The van der Waals surface area contributed by atoms with Gasteiger partial charge in [0.2, 0.25) is 0 Å². The van der Waals surface area contributed by atoms with E-state index in [1.165, 1.54) is 11.8 Å². The summed E-state index contributed by atoms with van der Waals surface area (Å²) in [6, 6.07) is 0. The van der Waals surface area contributed by atoms with Crippen LogP contribution in [-0.4, -0.2) is 45.8 Å². The lowest BCUT2D eigenvalue weighted by molar-refractivity contribution is -0.116. The molecule has 2 aliphatic rings. The first-order valence-electron chi connectivity index (χ1n) is 5.44. The monoisotopic (exact) mass is 251 g/mol. The third-order valence-electron chi connectivity index (χ3n) is 3.29. The predicted octanol–water partition coefficient (Wildman–Crippen LogP) is 0.943. The molecule has 0 saturated carbocycles. The third-order valence-corrected chi connectivity index (χ3v) is 3.85. The highest BCUT2D eigenvalue weighted by Gasteiger charge is 2.46. The number of amides is 1. The van der Waals surface area contributed by atoms with E-state index < -0.39 is 0 Å². The van der Waals surface area contributed by atoms with E-state index in [0.29, 0.717) is 30.5 Å². The van der Waals surface area contributed by atoms with Crippen molar-refractivity contribution in [1.82, 2.24) is 14.9 Å². The summed E-state index contributed by atoms with van der Waals surface area (Å²) in [5.74, 6) is 0.0263. The fraction of sp³-hybridized carbons (Fsp3) is 0.545. The molecule has 0 aliphatic carbocycles. The van der Waals surface area contributed by atoms with Crippen LogP contribution < -0.4 is 0 Å². The summed E-state index contributed by atoms with van der Waals surface area (Å²) < 4.78 is 5.21. The Bertz CT molecular complexity index is 488. The van der Waals surface area contributed by atoms with Gasteiger partial charge in [0.05, 0.1) is 36.6 Å². The summed E-state index contributed by atoms with van der Waals surface area (Å²) in [6.45, 7) is 3.83. The van der Waals surface area contributed by atoms with Gasteiger partial charge in [-0.1, -0.05) is 11.8 Å². The highest BCUT2D eigenvalue weighted by Crippen LogP contribution is 2.33. The molecule has 3 rings (SSSR count). The first kappa shape index (κ1) is 11.0. The molecule has 0 N–H and O–H groups in total. The van der Waals surface area contributed by atoms with Crippen LogP contribution in [0.1, 0.15) is 23.0 Å². The first-order valence-corrected chi connectivity index (χ1v) is 6.66. The smallest absolute Gasteiger partial charge is 0.258 e. The normalized spacial score (nSPS) is 21.3. The molecule has 1 fully saturated rings. The van der Waals surface area contributed by atoms with Gasteiger partial charge < -0.3 is 9.64 Å². The van der Waals surface area contributed by atoms with Gasteiger partial charge in [0.25, 0.3) is 5.91 Å². The molecule has 1 aromatic heterocycles. The Kier molecular flexibility index (Phi) is 2.38. The SMILES string of the molecule is CSc1ncc2c(n1)CN(C1(C)COC1)C2=O. The van der Waals surface area contributed by atoms with E-state index in [-0.39, 0.29) is 11.4 Å². The molecule has 0 atom stereocenters. The van der Waals surface area contributed by atoms with Crippen molar-refractivity contribution >= 4 is 17.7 Å². The number of ether oxygens (including phenoxy) is 1. The van der Waals surface area contributed by atoms with Crippen LogP contribution in [0.5, 0.6) is 0 Å². The molecule has 2 aliphatic heterocycles. The first-order chi connectivity index (χ1) is 8.14. The number of hydrogen-bond donors (Lipinski definition) is 0. The van der Waals surface area contributed by atoms with E-state index in [0.717, 1.165) is 5.69 Å².